The summed E-state index contributed by atoms with van der Waals surface area (Å²) in [7, 11) is 1.53. The molecule has 2 aliphatic heterocycles. The molecule has 9 nitrogen and oxygen atoms in total. The Morgan fingerprint density at radius 3 is 2.68 bits per heavy atom. The van der Waals surface area contributed by atoms with Gasteiger partial charge in [-0.25, -0.2) is 9.97 Å². The van der Waals surface area contributed by atoms with Crippen LogP contribution in [0.3, 0.4) is 0 Å². The molecule has 38 heavy (non-hydrogen) atoms. The van der Waals surface area contributed by atoms with E-state index in [2.05, 4.69) is 20.6 Å². The van der Waals surface area contributed by atoms with Gasteiger partial charge in [0.05, 0.1) is 11.6 Å². The van der Waals surface area contributed by atoms with Gasteiger partial charge in [-0.15, -0.1) is 0 Å². The van der Waals surface area contributed by atoms with Crippen molar-refractivity contribution in [2.45, 2.75) is 43.9 Å². The lowest BCUT2D eigenvalue weighted by Crippen LogP contribution is -2.60. The number of carbonyl (C=O) groups excluding carboxylic acids is 2. The molecule has 2 fully saturated rings. The Morgan fingerprint density at radius 2 is 1.97 bits per heavy atom. The van der Waals surface area contributed by atoms with Crippen molar-refractivity contribution in [3.8, 4) is 0 Å². The lowest BCUT2D eigenvalue weighted by atomic mass is 9.85. The third-order valence-electron chi connectivity index (χ3n) is 6.98. The van der Waals surface area contributed by atoms with E-state index >= 15 is 0 Å². The van der Waals surface area contributed by atoms with E-state index in [1.165, 1.54) is 13.1 Å². The third-order valence-corrected chi connectivity index (χ3v) is 7.20. The van der Waals surface area contributed by atoms with Gasteiger partial charge in [0, 0.05) is 43.8 Å². The minimum Gasteiger partial charge on any atom is -0.381 e. The number of nitrogens with one attached hydrogen (secondary N) is 2. The van der Waals surface area contributed by atoms with Crippen molar-refractivity contribution in [1.29, 1.82) is 0 Å². The van der Waals surface area contributed by atoms with Crippen molar-refractivity contribution >= 4 is 40.7 Å². The van der Waals surface area contributed by atoms with Crippen LogP contribution in [0.1, 0.15) is 31.2 Å². The van der Waals surface area contributed by atoms with E-state index in [-0.39, 0.29) is 53.0 Å². The molecule has 14 heteroatoms. The second-order valence-electron chi connectivity index (χ2n) is 9.43. The summed E-state index contributed by atoms with van der Waals surface area (Å²) in [5.74, 6) is -1.78. The van der Waals surface area contributed by atoms with Gasteiger partial charge in [-0.1, -0.05) is 11.6 Å². The minimum absolute atomic E-state index is 0.0126. The maximum absolute atomic E-state index is 14.7. The largest absolute Gasteiger partial charge is 0.416 e. The highest BCUT2D eigenvalue weighted by Gasteiger charge is 2.41. The molecular formula is C24H28ClF4N7O2. The Bertz CT molecular complexity index is 1200. The molecule has 2 saturated heterocycles. The number of hydrogen-bond donors (Lipinski definition) is 3. The number of piperidine rings is 2. The van der Waals surface area contributed by atoms with Crippen molar-refractivity contribution in [3.05, 3.63) is 40.9 Å². The number of rotatable bonds is 6. The number of halogens is 5. The normalized spacial score (nSPS) is 22.4. The number of nitrogens with zero attached hydrogens (tertiary/aromatic N) is 4. The van der Waals surface area contributed by atoms with Gasteiger partial charge in [0.25, 0.3) is 0 Å². The quantitative estimate of drug-likeness (QED) is 0.467. The highest BCUT2D eigenvalue weighted by molar-refractivity contribution is 6.31. The van der Waals surface area contributed by atoms with Crippen molar-refractivity contribution in [1.82, 2.24) is 20.2 Å². The number of amides is 2. The minimum atomic E-state index is -4.60. The SMILES string of the molecule is CNC(=O)C[C@H]1CCN(c2ncnc(N)c2F)C[C@@H]1N1CCC[C@@H](Nc2cc(Cl)cc(C(F)(F)F)c2)C1=O. The summed E-state index contributed by atoms with van der Waals surface area (Å²) in [5.41, 5.74) is 4.77. The lowest BCUT2D eigenvalue weighted by molar-refractivity contribution is -0.139. The molecule has 0 bridgehead atoms. The van der Waals surface area contributed by atoms with Crippen molar-refractivity contribution in [3.63, 3.8) is 0 Å². The predicted octanol–water partition coefficient (Wildman–Crippen LogP) is 3.30. The van der Waals surface area contributed by atoms with E-state index in [1.807, 2.05) is 0 Å². The molecule has 2 amide bonds. The van der Waals surface area contributed by atoms with Crippen LogP contribution in [0.2, 0.25) is 5.02 Å². The zero-order valence-corrected chi connectivity index (χ0v) is 21.3. The van der Waals surface area contributed by atoms with E-state index in [0.29, 0.717) is 32.4 Å². The maximum atomic E-state index is 14.7. The second kappa shape index (κ2) is 11.2. The topological polar surface area (TPSA) is 116 Å². The van der Waals surface area contributed by atoms with Crippen molar-refractivity contribution in [2.24, 2.45) is 5.92 Å². The molecule has 2 aromatic rings. The fourth-order valence-corrected chi connectivity index (χ4v) is 5.33. The van der Waals surface area contributed by atoms with Crippen LogP contribution in [-0.2, 0) is 15.8 Å². The molecule has 0 unspecified atom stereocenters. The Kier molecular flexibility index (Phi) is 8.14. The summed E-state index contributed by atoms with van der Waals surface area (Å²) in [4.78, 5) is 36.9. The van der Waals surface area contributed by atoms with Crippen LogP contribution >= 0.6 is 11.6 Å². The number of carbonyl (C=O) groups is 2. The summed E-state index contributed by atoms with van der Waals surface area (Å²) in [6.45, 7) is 0.971. The fraction of sp³-hybridized carbons (Fsp3) is 0.500. The van der Waals surface area contributed by atoms with E-state index in [9.17, 15) is 27.2 Å². The van der Waals surface area contributed by atoms with Gasteiger partial charge in [-0.3, -0.25) is 9.59 Å². The highest BCUT2D eigenvalue weighted by atomic mass is 35.5. The molecule has 4 N–H and O–H groups in total. The van der Waals surface area contributed by atoms with Gasteiger partial charge in [0.15, 0.2) is 11.6 Å². The first kappa shape index (κ1) is 27.7. The zero-order valence-electron chi connectivity index (χ0n) is 20.6. The van der Waals surface area contributed by atoms with E-state index < -0.39 is 29.6 Å². The molecule has 0 saturated carbocycles. The fourth-order valence-electron chi connectivity index (χ4n) is 5.10. The molecule has 3 atom stereocenters. The van der Waals surface area contributed by atoms with Crippen LogP contribution < -0.4 is 21.3 Å². The standard InChI is InChI=1S/C24H28ClF4N7O2/c1-31-19(37)7-13-4-6-35(22-20(26)21(30)32-12-33-22)11-18(13)36-5-2-3-17(23(36)38)34-16-9-14(24(27,28)29)8-15(25)10-16/h8-10,12-13,17-18,34H,2-7,11H2,1H3,(H,31,37)(H2,30,32,33)/t13-,17-,18+/m1/s1. The van der Waals surface area contributed by atoms with E-state index in [0.717, 1.165) is 18.5 Å². The number of nitrogens with two attached hydrogens (primary N) is 1. The Morgan fingerprint density at radius 1 is 1.21 bits per heavy atom. The number of likely N-dealkylation sites (tertiary alicyclic amines) is 1. The number of nitrogen functional groups attached to an aromatic ring is 1. The number of aromatic nitrogens is 2. The van der Waals surface area contributed by atoms with Gasteiger partial charge in [-0.2, -0.15) is 17.6 Å². The molecule has 0 spiro atoms. The molecule has 3 heterocycles. The average Bonchev–Trinajstić information content (AvgIpc) is 2.86. The number of alkyl halides is 3. The maximum Gasteiger partial charge on any atom is 0.416 e. The van der Waals surface area contributed by atoms with Crippen LogP contribution in [0.4, 0.5) is 34.9 Å². The van der Waals surface area contributed by atoms with Crippen LogP contribution in [0.25, 0.3) is 0 Å². The van der Waals surface area contributed by atoms with Crippen LogP contribution in [-0.4, -0.2) is 65.4 Å². The summed E-state index contributed by atoms with van der Waals surface area (Å²) in [6, 6.07) is 1.80. The second-order valence-corrected chi connectivity index (χ2v) is 9.87. The van der Waals surface area contributed by atoms with Gasteiger partial charge in [0.2, 0.25) is 17.6 Å². The third kappa shape index (κ3) is 6.03. The number of hydrogen-bond acceptors (Lipinski definition) is 7. The first-order chi connectivity index (χ1) is 18.0. The van der Waals surface area contributed by atoms with E-state index in [4.69, 9.17) is 17.3 Å². The van der Waals surface area contributed by atoms with Gasteiger partial charge < -0.3 is 26.2 Å². The summed E-state index contributed by atoms with van der Waals surface area (Å²) in [5, 5.41) is 5.41. The molecule has 0 radical (unpaired) electrons. The Labute approximate surface area is 221 Å². The average molecular weight is 558 g/mol. The first-order valence-electron chi connectivity index (χ1n) is 12.1. The summed E-state index contributed by atoms with van der Waals surface area (Å²) >= 11 is 5.91. The predicted molar refractivity (Wildman–Crippen MR) is 134 cm³/mol. The van der Waals surface area contributed by atoms with Crippen LogP contribution in [0.15, 0.2) is 24.5 Å². The Balaban J connectivity index is 1.58. The highest BCUT2D eigenvalue weighted by Crippen LogP contribution is 2.35. The van der Waals surface area contributed by atoms with Gasteiger partial charge in [0.1, 0.15) is 12.4 Å². The summed E-state index contributed by atoms with van der Waals surface area (Å²) < 4.78 is 54.5. The first-order valence-corrected chi connectivity index (χ1v) is 12.5. The molecule has 2 aliphatic rings. The molecule has 206 valence electrons. The smallest absolute Gasteiger partial charge is 0.381 e. The Hall–Kier alpha value is -3.35. The molecule has 4 rings (SSSR count). The van der Waals surface area contributed by atoms with Gasteiger partial charge >= 0.3 is 6.18 Å². The number of benzene rings is 1. The van der Waals surface area contributed by atoms with Gasteiger partial charge in [-0.05, 0) is 43.4 Å². The number of anilines is 3. The zero-order chi connectivity index (χ0) is 27.6. The monoisotopic (exact) mass is 557 g/mol. The lowest BCUT2D eigenvalue weighted by Gasteiger charge is -2.47. The summed E-state index contributed by atoms with van der Waals surface area (Å²) in [6.07, 6.45) is -1.82. The van der Waals surface area contributed by atoms with Crippen LogP contribution in [0.5, 0.6) is 0 Å². The molecule has 0 aliphatic carbocycles. The van der Waals surface area contributed by atoms with E-state index in [1.54, 1.807) is 9.80 Å². The molecule has 1 aromatic carbocycles. The molecule has 1 aromatic heterocycles. The van der Waals surface area contributed by atoms with Crippen molar-refractivity contribution in [2.75, 3.05) is 42.6 Å². The van der Waals surface area contributed by atoms with Crippen molar-refractivity contribution < 1.29 is 27.2 Å². The molecular weight excluding hydrogens is 530 g/mol. The van der Waals surface area contributed by atoms with Crippen LogP contribution in [0, 0.1) is 11.7 Å².